The quantitative estimate of drug-likeness (QED) is 0.270. The van der Waals surface area contributed by atoms with E-state index in [4.69, 9.17) is 0 Å². The van der Waals surface area contributed by atoms with Gasteiger partial charge >= 0.3 is 0 Å². The molecule has 0 unspecified atom stereocenters. The molecule has 0 heterocycles. The van der Waals surface area contributed by atoms with Crippen LogP contribution < -0.4 is 0 Å². The normalized spacial score (nSPS) is 5.71. The Labute approximate surface area is 40.4 Å². The molecule has 0 aromatic carbocycles. The van der Waals surface area contributed by atoms with Gasteiger partial charge in [0.15, 0.2) is 0 Å². The van der Waals surface area contributed by atoms with Crippen molar-refractivity contribution in [2.45, 2.75) is 0 Å². The van der Waals surface area contributed by atoms with Crippen molar-refractivity contribution < 1.29 is 9.59 Å². The van der Waals surface area contributed by atoms with Gasteiger partial charge in [-0.3, -0.25) is 0 Å². The molecule has 0 rings (SSSR count). The van der Waals surface area contributed by atoms with Crippen molar-refractivity contribution in [3.8, 4) is 0 Å². The molecule has 0 aromatic rings. The highest BCUT2D eigenvalue weighted by Crippen LogP contribution is 1.60. The second kappa shape index (κ2) is 4.83. The summed E-state index contributed by atoms with van der Waals surface area (Å²) in [6.45, 7) is 0.0903. The summed E-state index contributed by atoms with van der Waals surface area (Å²) in [7, 11) is 0. The Bertz CT molecular complexity index is 113. The highest BCUT2D eigenvalue weighted by Gasteiger charge is 1.63. The molecule has 0 aromatic heterocycles. The number of aliphatic imine (C=N–C) groups is 1. The third-order valence-corrected chi connectivity index (χ3v) is 0.330. The topological polar surface area (TPSA) is 46.5 Å². The van der Waals surface area contributed by atoms with Crippen LogP contribution in [0.2, 0.25) is 0 Å². The van der Waals surface area contributed by atoms with Crippen molar-refractivity contribution in [1.29, 1.82) is 0 Å². The van der Waals surface area contributed by atoms with E-state index in [9.17, 15) is 9.59 Å². The zero-order chi connectivity index (χ0) is 5.54. The van der Waals surface area contributed by atoms with E-state index >= 15 is 0 Å². The van der Waals surface area contributed by atoms with Crippen molar-refractivity contribution >= 4 is 12.0 Å². The standard InChI is InChI=1S/C4H3NO2/c6-3-1-2-5-4-7/h1H,2H2. The van der Waals surface area contributed by atoms with E-state index in [0.717, 1.165) is 6.08 Å². The van der Waals surface area contributed by atoms with E-state index in [0.29, 0.717) is 0 Å². The van der Waals surface area contributed by atoms with E-state index in [1.165, 1.54) is 12.0 Å². The molecule has 7 heavy (non-hydrogen) atoms. The lowest BCUT2D eigenvalue weighted by Gasteiger charge is -1.62. The van der Waals surface area contributed by atoms with Gasteiger partial charge in [0, 0.05) is 6.08 Å². The summed E-state index contributed by atoms with van der Waals surface area (Å²) < 4.78 is 0. The minimum absolute atomic E-state index is 0.0903. The summed E-state index contributed by atoms with van der Waals surface area (Å²) in [6.07, 6.45) is 2.37. The Morgan fingerprint density at radius 3 is 2.71 bits per heavy atom. The average Bonchev–Trinajstić information content (AvgIpc) is 1.69. The van der Waals surface area contributed by atoms with Crippen LogP contribution in [0.1, 0.15) is 0 Å². The molecule has 0 atom stereocenters. The van der Waals surface area contributed by atoms with Gasteiger partial charge in [-0.2, -0.15) is 0 Å². The largest absolute Gasteiger partial charge is 0.235 e. The number of rotatable bonds is 2. The van der Waals surface area contributed by atoms with E-state index in [2.05, 4.69) is 4.99 Å². The van der Waals surface area contributed by atoms with E-state index in [1.54, 1.807) is 0 Å². The van der Waals surface area contributed by atoms with Gasteiger partial charge in [-0.1, -0.05) is 0 Å². The molecular formula is C4H3NO2. The molecule has 0 fully saturated rings. The molecular weight excluding hydrogens is 94.0 g/mol. The van der Waals surface area contributed by atoms with Gasteiger partial charge in [-0.15, -0.1) is 0 Å². The lowest BCUT2D eigenvalue weighted by Crippen LogP contribution is -1.67. The molecule has 0 bridgehead atoms. The summed E-state index contributed by atoms with van der Waals surface area (Å²) in [5.74, 6) is 1.45. The lowest BCUT2D eigenvalue weighted by molar-refractivity contribution is 0.563. The fraction of sp³-hybridized carbons (Fsp3) is 0.250. The second-order valence-corrected chi connectivity index (χ2v) is 0.754. The number of carbonyl (C=O) groups excluding carboxylic acids is 2. The molecule has 0 aliphatic rings. The van der Waals surface area contributed by atoms with E-state index in [-0.39, 0.29) is 6.54 Å². The van der Waals surface area contributed by atoms with Gasteiger partial charge in [0.2, 0.25) is 6.08 Å². The van der Waals surface area contributed by atoms with Crippen LogP contribution in [0.5, 0.6) is 0 Å². The molecule has 3 heteroatoms. The predicted octanol–water partition coefficient (Wildman–Crippen LogP) is -0.290. The predicted molar refractivity (Wildman–Crippen MR) is 23.3 cm³/mol. The maximum absolute atomic E-state index is 9.31. The Morgan fingerprint density at radius 1 is 1.57 bits per heavy atom. The zero-order valence-corrected chi connectivity index (χ0v) is 3.55. The average molecular weight is 97.1 g/mol. The maximum Gasteiger partial charge on any atom is 0.235 e. The van der Waals surface area contributed by atoms with Crippen LogP contribution in [0.3, 0.4) is 0 Å². The molecule has 36 valence electrons. The summed E-state index contributed by atoms with van der Waals surface area (Å²) >= 11 is 0. The van der Waals surface area contributed by atoms with Gasteiger partial charge in [0.1, 0.15) is 5.94 Å². The van der Waals surface area contributed by atoms with E-state index < -0.39 is 0 Å². The van der Waals surface area contributed by atoms with Crippen LogP contribution in [-0.2, 0) is 9.59 Å². The maximum atomic E-state index is 9.31. The molecule has 0 amide bonds. The van der Waals surface area contributed by atoms with Crippen molar-refractivity contribution in [1.82, 2.24) is 0 Å². The molecule has 0 radical (unpaired) electrons. The van der Waals surface area contributed by atoms with Crippen LogP contribution in [-0.4, -0.2) is 18.6 Å². The SMILES string of the molecule is O=C=CCN=C=O. The smallest absolute Gasteiger partial charge is 0.234 e. The number of nitrogens with zero attached hydrogens (tertiary/aromatic N) is 1. The minimum Gasteiger partial charge on any atom is -0.234 e. The van der Waals surface area contributed by atoms with Gasteiger partial charge in [0.05, 0.1) is 6.54 Å². The van der Waals surface area contributed by atoms with Crippen molar-refractivity contribution in [2.24, 2.45) is 4.99 Å². The van der Waals surface area contributed by atoms with Crippen molar-refractivity contribution in [2.75, 3.05) is 6.54 Å². The number of isocyanates is 1. The Kier molecular flexibility index (Phi) is 4.02. The van der Waals surface area contributed by atoms with Gasteiger partial charge in [-0.25, -0.2) is 14.6 Å². The molecule has 0 saturated carbocycles. The van der Waals surface area contributed by atoms with Crippen molar-refractivity contribution in [3.05, 3.63) is 6.08 Å². The third-order valence-electron chi connectivity index (χ3n) is 0.330. The fourth-order valence-electron chi connectivity index (χ4n) is 0.120. The lowest BCUT2D eigenvalue weighted by atomic mass is 10.6. The number of hydrogen-bond acceptors (Lipinski definition) is 3. The molecule has 0 saturated heterocycles. The van der Waals surface area contributed by atoms with Gasteiger partial charge < -0.3 is 0 Å². The molecule has 0 aliphatic heterocycles. The Morgan fingerprint density at radius 2 is 2.29 bits per heavy atom. The number of hydrogen-bond donors (Lipinski definition) is 0. The van der Waals surface area contributed by atoms with Crippen LogP contribution in [0.15, 0.2) is 11.1 Å². The first kappa shape index (κ1) is 5.83. The Balaban J connectivity index is 3.33. The fourth-order valence-corrected chi connectivity index (χ4v) is 0.120. The summed E-state index contributed by atoms with van der Waals surface area (Å²) in [6, 6.07) is 0. The first-order valence-electron chi connectivity index (χ1n) is 1.65. The summed E-state index contributed by atoms with van der Waals surface area (Å²) in [5, 5.41) is 0. The molecule has 0 N–H and O–H groups in total. The van der Waals surface area contributed by atoms with Crippen LogP contribution >= 0.6 is 0 Å². The Hall–Kier alpha value is -1.17. The van der Waals surface area contributed by atoms with Crippen LogP contribution in [0.25, 0.3) is 0 Å². The highest BCUT2D eigenvalue weighted by atomic mass is 16.1. The van der Waals surface area contributed by atoms with Crippen LogP contribution in [0.4, 0.5) is 0 Å². The third kappa shape index (κ3) is 4.83. The zero-order valence-electron chi connectivity index (χ0n) is 3.55. The first-order valence-corrected chi connectivity index (χ1v) is 1.65. The molecule has 3 nitrogen and oxygen atoms in total. The van der Waals surface area contributed by atoms with E-state index in [1.807, 2.05) is 0 Å². The minimum atomic E-state index is 0.0903. The summed E-state index contributed by atoms with van der Waals surface area (Å²) in [4.78, 5) is 21.6. The van der Waals surface area contributed by atoms with Crippen LogP contribution in [0, 0.1) is 0 Å². The van der Waals surface area contributed by atoms with Crippen molar-refractivity contribution in [3.63, 3.8) is 0 Å². The molecule has 0 spiro atoms. The highest BCUT2D eigenvalue weighted by molar-refractivity contribution is 5.46. The van der Waals surface area contributed by atoms with Gasteiger partial charge in [0.25, 0.3) is 0 Å². The summed E-state index contributed by atoms with van der Waals surface area (Å²) in [5.41, 5.74) is 0. The second-order valence-electron chi connectivity index (χ2n) is 0.754. The first-order chi connectivity index (χ1) is 3.41. The van der Waals surface area contributed by atoms with Gasteiger partial charge in [-0.05, 0) is 0 Å². The molecule has 0 aliphatic carbocycles. The monoisotopic (exact) mass is 97.0 g/mol.